The van der Waals surface area contributed by atoms with E-state index in [1.165, 1.54) is 0 Å². The fourth-order valence-electron chi connectivity index (χ4n) is 5.18. The molecular weight excluding hydrogens is 704 g/mol. The van der Waals surface area contributed by atoms with Gasteiger partial charge in [-0.1, -0.05) is 68.3 Å². The van der Waals surface area contributed by atoms with Crippen LogP contribution in [0, 0.1) is 0 Å². The zero-order valence-corrected chi connectivity index (χ0v) is 28.1. The zero-order valence-electron chi connectivity index (χ0n) is 25.0. The van der Waals surface area contributed by atoms with Gasteiger partial charge in [-0.15, -0.1) is 0 Å². The van der Waals surface area contributed by atoms with Crippen LogP contribution < -0.4 is 19.5 Å². The third-order valence-corrected chi connectivity index (χ3v) is 9.00. The van der Waals surface area contributed by atoms with Gasteiger partial charge in [-0.25, -0.2) is 4.99 Å². The van der Waals surface area contributed by atoms with Crippen molar-refractivity contribution in [1.29, 1.82) is 0 Å². The Kier molecular flexibility index (Phi) is 10.8. The maximum Gasteiger partial charge on any atom is 0.252 e. The molecule has 2 atom stereocenters. The van der Waals surface area contributed by atoms with Gasteiger partial charge in [-0.05, 0) is 59.7 Å². The van der Waals surface area contributed by atoms with Crippen molar-refractivity contribution in [3.05, 3.63) is 122 Å². The highest BCUT2D eigenvalue weighted by molar-refractivity contribution is 9.10. The maximum absolute atomic E-state index is 14.6. The van der Waals surface area contributed by atoms with E-state index in [4.69, 9.17) is 29.0 Å². The van der Waals surface area contributed by atoms with Gasteiger partial charge in [-0.2, -0.15) is 0 Å². The average molecular weight is 738 g/mol. The molecule has 234 valence electrons. The number of carbonyl (C=O) groups is 1. The normalized spacial score (nSPS) is 17.3. The summed E-state index contributed by atoms with van der Waals surface area (Å²) in [6, 6.07) is 28.4. The number of benzene rings is 4. The highest BCUT2D eigenvalue weighted by Gasteiger charge is 2.54. The molecule has 1 aliphatic heterocycles. The number of ether oxygens (including phenoxy) is 4. The van der Waals surface area contributed by atoms with Gasteiger partial charge in [0.2, 0.25) is 5.90 Å². The molecule has 0 saturated heterocycles. The van der Waals surface area contributed by atoms with Gasteiger partial charge in [0.1, 0.15) is 17.2 Å². The number of rotatable bonds is 13. The highest BCUT2D eigenvalue weighted by Crippen LogP contribution is 2.45. The first-order chi connectivity index (χ1) is 21.9. The van der Waals surface area contributed by atoms with Gasteiger partial charge in [0.25, 0.3) is 5.91 Å². The number of amides is 1. The summed E-state index contributed by atoms with van der Waals surface area (Å²) in [6.45, 7) is 0.690. The van der Waals surface area contributed by atoms with Crippen molar-refractivity contribution in [2.45, 2.75) is 31.0 Å². The highest BCUT2D eigenvalue weighted by atomic mass is 79.9. The summed E-state index contributed by atoms with van der Waals surface area (Å²) in [5.41, 5.74) is 1.86. The summed E-state index contributed by atoms with van der Waals surface area (Å²) in [7, 11) is 3.18. The van der Waals surface area contributed by atoms with Crippen LogP contribution in [0.2, 0.25) is 0 Å². The molecule has 0 radical (unpaired) electrons. The smallest absolute Gasteiger partial charge is 0.252 e. The molecule has 4 aromatic carbocycles. The van der Waals surface area contributed by atoms with Gasteiger partial charge < -0.3 is 29.4 Å². The molecule has 1 heterocycles. The first-order valence-electron chi connectivity index (χ1n) is 14.5. The van der Waals surface area contributed by atoms with Crippen LogP contribution in [0.1, 0.15) is 34.8 Å². The number of methoxy groups -OCH3 is 2. The Bertz CT molecular complexity index is 1640. The number of halogens is 2. The molecule has 10 heteroatoms. The minimum Gasteiger partial charge on any atom is -0.497 e. The molecule has 1 aliphatic rings. The molecule has 0 fully saturated rings. The van der Waals surface area contributed by atoms with Crippen molar-refractivity contribution in [2.75, 3.05) is 27.4 Å². The predicted molar refractivity (Wildman–Crippen MR) is 180 cm³/mol. The number of aliphatic imine (C=N–C) groups is 1. The van der Waals surface area contributed by atoms with Crippen LogP contribution in [0.25, 0.3) is 0 Å². The van der Waals surface area contributed by atoms with Gasteiger partial charge in [0, 0.05) is 52.1 Å². The third kappa shape index (κ3) is 7.52. The molecule has 0 bridgehead atoms. The molecule has 0 aromatic heterocycles. The van der Waals surface area contributed by atoms with Crippen LogP contribution in [0.5, 0.6) is 17.2 Å². The minimum absolute atomic E-state index is 0.0617. The molecule has 4 aromatic rings. The Morgan fingerprint density at radius 2 is 1.58 bits per heavy atom. The summed E-state index contributed by atoms with van der Waals surface area (Å²) in [4.78, 5) is 19.7. The van der Waals surface area contributed by atoms with E-state index in [0.29, 0.717) is 41.7 Å². The quantitative estimate of drug-likeness (QED) is 0.147. The van der Waals surface area contributed by atoms with E-state index in [1.54, 1.807) is 20.3 Å². The zero-order chi connectivity index (χ0) is 31.8. The van der Waals surface area contributed by atoms with E-state index in [9.17, 15) is 4.79 Å². The number of nitrogens with zero attached hydrogens (tertiary/aromatic N) is 1. The molecule has 45 heavy (non-hydrogen) atoms. The van der Waals surface area contributed by atoms with Crippen molar-refractivity contribution in [2.24, 2.45) is 4.99 Å². The largest absolute Gasteiger partial charge is 0.497 e. The first kappa shape index (κ1) is 32.5. The van der Waals surface area contributed by atoms with E-state index < -0.39 is 11.6 Å². The average Bonchev–Trinajstić information content (AvgIpc) is 3.45. The lowest BCUT2D eigenvalue weighted by Crippen LogP contribution is -2.49. The lowest BCUT2D eigenvalue weighted by atomic mass is 9.82. The molecular formula is C35H34Br2N2O6. The second kappa shape index (κ2) is 14.9. The fraction of sp³-hybridized carbons (Fsp3) is 0.257. The van der Waals surface area contributed by atoms with Gasteiger partial charge >= 0.3 is 0 Å². The molecule has 0 unspecified atom stereocenters. The topological polar surface area (TPSA) is 98.6 Å². The van der Waals surface area contributed by atoms with Crippen molar-refractivity contribution < 1.29 is 28.8 Å². The lowest BCUT2D eigenvalue weighted by molar-refractivity contribution is -0.129. The van der Waals surface area contributed by atoms with Crippen LogP contribution in [-0.2, 0) is 22.5 Å². The van der Waals surface area contributed by atoms with Crippen LogP contribution in [0.15, 0.2) is 105 Å². The monoisotopic (exact) mass is 736 g/mol. The second-order valence-electron chi connectivity index (χ2n) is 10.5. The lowest BCUT2D eigenvalue weighted by Gasteiger charge is -2.31. The molecule has 2 N–H and O–H groups in total. The molecule has 5 rings (SSSR count). The number of nitrogens with one attached hydrogen (secondary N) is 1. The van der Waals surface area contributed by atoms with Crippen molar-refractivity contribution in [1.82, 2.24) is 5.32 Å². The number of hydrogen-bond acceptors (Lipinski definition) is 7. The Hall–Kier alpha value is -3.86. The standard InChI is InChI=1S/C35H34Br2N2O6/c1-42-27-18-23(19-28(20-27)43-2)22-38-34(41)35(21-25-8-3-5-10-30(25)36)32(29-9-4-6-11-31(29)37)45-33(39-35)24-12-14-26(15-13-24)44-17-7-16-40/h3-6,8-15,18-20,32,40H,7,16-17,21-22H2,1-2H3,(H,38,41)/t32-,35-/m1/s1. The summed E-state index contributed by atoms with van der Waals surface area (Å²) in [5, 5.41) is 12.2. The van der Waals surface area contributed by atoms with E-state index in [1.807, 2.05) is 84.9 Å². The van der Waals surface area contributed by atoms with Crippen LogP contribution in [-0.4, -0.2) is 49.9 Å². The first-order valence-corrected chi connectivity index (χ1v) is 16.0. The maximum atomic E-state index is 14.6. The van der Waals surface area contributed by atoms with Crippen LogP contribution >= 0.6 is 31.9 Å². The Morgan fingerprint density at radius 1 is 0.911 bits per heavy atom. The molecule has 8 nitrogen and oxygen atoms in total. The van der Waals surface area contributed by atoms with E-state index >= 15 is 0 Å². The van der Waals surface area contributed by atoms with Crippen LogP contribution in [0.4, 0.5) is 0 Å². The summed E-state index contributed by atoms with van der Waals surface area (Å²) in [6.07, 6.45) is 0.0514. The predicted octanol–water partition coefficient (Wildman–Crippen LogP) is 6.81. The molecule has 1 amide bonds. The summed E-state index contributed by atoms with van der Waals surface area (Å²) >= 11 is 7.38. The van der Waals surface area contributed by atoms with Gasteiger partial charge in [-0.3, -0.25) is 4.79 Å². The van der Waals surface area contributed by atoms with E-state index in [-0.39, 0.29) is 25.5 Å². The van der Waals surface area contributed by atoms with E-state index in [0.717, 1.165) is 25.6 Å². The number of hydrogen-bond donors (Lipinski definition) is 2. The van der Waals surface area contributed by atoms with Crippen LogP contribution in [0.3, 0.4) is 0 Å². The Balaban J connectivity index is 1.57. The van der Waals surface area contributed by atoms with Crippen molar-refractivity contribution >= 4 is 43.7 Å². The molecule has 0 aliphatic carbocycles. The molecule has 0 saturated carbocycles. The number of carbonyl (C=O) groups excluding carboxylic acids is 1. The number of aliphatic hydroxyl groups is 1. The minimum atomic E-state index is -1.37. The Morgan fingerprint density at radius 3 is 2.22 bits per heavy atom. The van der Waals surface area contributed by atoms with Crippen molar-refractivity contribution in [3.63, 3.8) is 0 Å². The second-order valence-corrected chi connectivity index (χ2v) is 12.2. The third-order valence-electron chi connectivity index (χ3n) is 7.50. The number of aliphatic hydroxyl groups excluding tert-OH is 1. The summed E-state index contributed by atoms with van der Waals surface area (Å²) in [5.74, 6) is 1.98. The SMILES string of the molecule is COc1cc(CNC(=O)[C@]2(Cc3ccccc3Br)N=C(c3ccc(OCCCO)cc3)O[C@@H]2c2ccccc2Br)cc(OC)c1. The van der Waals surface area contributed by atoms with Crippen molar-refractivity contribution in [3.8, 4) is 17.2 Å². The fourth-order valence-corrected chi connectivity index (χ4v) is 6.10. The van der Waals surface area contributed by atoms with E-state index in [2.05, 4.69) is 37.2 Å². The molecule has 0 spiro atoms. The Labute approximate surface area is 279 Å². The van der Waals surface area contributed by atoms with Gasteiger partial charge in [0.05, 0.1) is 20.8 Å². The van der Waals surface area contributed by atoms with Gasteiger partial charge in [0.15, 0.2) is 11.6 Å². The summed E-state index contributed by atoms with van der Waals surface area (Å²) < 4.78 is 24.9.